The molecule has 0 amide bonds. The van der Waals surface area contributed by atoms with E-state index in [0.717, 1.165) is 0 Å². The molecular formula is C15H10O6. The summed E-state index contributed by atoms with van der Waals surface area (Å²) in [6.45, 7) is 0. The van der Waals surface area contributed by atoms with E-state index in [0.29, 0.717) is 11.1 Å². The fourth-order valence-corrected chi connectivity index (χ4v) is 1.62. The summed E-state index contributed by atoms with van der Waals surface area (Å²) in [6, 6.07) is 14.4. The van der Waals surface area contributed by atoms with Crippen molar-refractivity contribution in [3.05, 3.63) is 65.7 Å². The molecule has 0 unspecified atom stereocenters. The lowest BCUT2D eigenvalue weighted by molar-refractivity contribution is 0.0847. The Kier molecular flexibility index (Phi) is 4.30. The third-order valence-electron chi connectivity index (χ3n) is 2.52. The predicted octanol–water partition coefficient (Wildman–Crippen LogP) is 3.11. The second-order valence-corrected chi connectivity index (χ2v) is 3.94. The number of hydrogen-bond acceptors (Lipinski definition) is 5. The van der Waals surface area contributed by atoms with Gasteiger partial charge in [0.1, 0.15) is 5.75 Å². The van der Waals surface area contributed by atoms with Gasteiger partial charge in [-0.3, -0.25) is 4.79 Å². The van der Waals surface area contributed by atoms with Crippen LogP contribution >= 0.6 is 0 Å². The summed E-state index contributed by atoms with van der Waals surface area (Å²) in [5.41, 5.74) is 0.955. The number of benzene rings is 2. The zero-order valence-electron chi connectivity index (χ0n) is 10.7. The van der Waals surface area contributed by atoms with Crippen LogP contribution in [0, 0.1) is 0 Å². The van der Waals surface area contributed by atoms with Crippen molar-refractivity contribution in [3.8, 4) is 5.75 Å². The van der Waals surface area contributed by atoms with Gasteiger partial charge in [-0.05, 0) is 24.3 Å². The molecule has 0 saturated carbocycles. The van der Waals surface area contributed by atoms with Crippen LogP contribution in [0.1, 0.15) is 15.9 Å². The summed E-state index contributed by atoms with van der Waals surface area (Å²) in [4.78, 5) is 33.2. The zero-order chi connectivity index (χ0) is 15.2. The number of carboxylic acid groups (broad SMARTS) is 1. The van der Waals surface area contributed by atoms with Crippen LogP contribution in [0.25, 0.3) is 0 Å². The van der Waals surface area contributed by atoms with Crippen molar-refractivity contribution in [2.45, 2.75) is 0 Å². The minimum Gasteiger partial charge on any atom is -0.449 e. The second-order valence-electron chi connectivity index (χ2n) is 3.94. The fourth-order valence-electron chi connectivity index (χ4n) is 1.62. The monoisotopic (exact) mass is 286 g/mol. The molecule has 6 heteroatoms. The van der Waals surface area contributed by atoms with Crippen LogP contribution < -0.4 is 4.74 Å². The molecule has 0 atom stereocenters. The second kappa shape index (κ2) is 6.33. The van der Waals surface area contributed by atoms with Crippen LogP contribution in [0.3, 0.4) is 0 Å². The van der Waals surface area contributed by atoms with Gasteiger partial charge in [0.05, 0.1) is 0 Å². The van der Waals surface area contributed by atoms with Crippen LogP contribution in [-0.4, -0.2) is 23.2 Å². The Balaban J connectivity index is 2.07. The molecule has 0 spiro atoms. The van der Waals surface area contributed by atoms with Crippen molar-refractivity contribution in [3.63, 3.8) is 0 Å². The van der Waals surface area contributed by atoms with E-state index in [4.69, 9.17) is 5.11 Å². The van der Waals surface area contributed by atoms with Gasteiger partial charge < -0.3 is 14.6 Å². The Morgan fingerprint density at radius 2 is 1.38 bits per heavy atom. The molecular weight excluding hydrogens is 276 g/mol. The smallest absolute Gasteiger partial charge is 0.449 e. The molecule has 2 aromatic rings. The Labute approximate surface area is 119 Å². The fraction of sp³-hybridized carbons (Fsp3) is 0. The van der Waals surface area contributed by atoms with Gasteiger partial charge in [0.2, 0.25) is 0 Å². The zero-order valence-corrected chi connectivity index (χ0v) is 10.7. The lowest BCUT2D eigenvalue weighted by atomic mass is 10.0. The first-order valence-electron chi connectivity index (χ1n) is 5.88. The number of rotatable bonds is 3. The quantitative estimate of drug-likeness (QED) is 0.403. The number of hydrogen-bond donors (Lipinski definition) is 1. The molecule has 0 bridgehead atoms. The van der Waals surface area contributed by atoms with E-state index in [2.05, 4.69) is 9.47 Å². The largest absolute Gasteiger partial charge is 0.524 e. The van der Waals surface area contributed by atoms with Gasteiger partial charge in [0, 0.05) is 11.1 Å². The molecule has 0 saturated heterocycles. The Morgan fingerprint density at radius 3 is 1.95 bits per heavy atom. The van der Waals surface area contributed by atoms with Crippen molar-refractivity contribution in [1.82, 2.24) is 0 Å². The van der Waals surface area contributed by atoms with E-state index in [9.17, 15) is 14.4 Å². The number of carbonyl (C=O) groups excluding carboxylic acids is 2. The van der Waals surface area contributed by atoms with E-state index >= 15 is 0 Å². The van der Waals surface area contributed by atoms with Gasteiger partial charge in [-0.2, -0.15) is 0 Å². The standard InChI is InChI=1S/C15H10O6/c16-13(10-4-2-1-3-5-10)11-6-8-12(9-7-11)20-15(19)21-14(17)18/h1-9H,(H,17,18). The average Bonchev–Trinajstić information content (AvgIpc) is 2.47. The molecule has 21 heavy (non-hydrogen) atoms. The lowest BCUT2D eigenvalue weighted by Crippen LogP contribution is -2.14. The average molecular weight is 286 g/mol. The summed E-state index contributed by atoms with van der Waals surface area (Å²) in [5.74, 6) is -0.0962. The third-order valence-corrected chi connectivity index (χ3v) is 2.52. The van der Waals surface area contributed by atoms with Crippen molar-refractivity contribution >= 4 is 18.1 Å². The summed E-state index contributed by atoms with van der Waals surface area (Å²) in [5, 5.41) is 8.24. The molecule has 0 radical (unpaired) electrons. The van der Waals surface area contributed by atoms with E-state index in [1.165, 1.54) is 24.3 Å². The highest BCUT2D eigenvalue weighted by Crippen LogP contribution is 2.16. The van der Waals surface area contributed by atoms with Crippen molar-refractivity contribution in [1.29, 1.82) is 0 Å². The first-order chi connectivity index (χ1) is 10.1. The maximum absolute atomic E-state index is 12.1. The summed E-state index contributed by atoms with van der Waals surface area (Å²) < 4.78 is 8.40. The third kappa shape index (κ3) is 3.90. The Bertz CT molecular complexity index is 660. The van der Waals surface area contributed by atoms with Crippen LogP contribution in [0.2, 0.25) is 0 Å². The molecule has 1 N–H and O–H groups in total. The van der Waals surface area contributed by atoms with E-state index in [1.807, 2.05) is 6.07 Å². The molecule has 0 aliphatic carbocycles. The minimum atomic E-state index is -1.75. The van der Waals surface area contributed by atoms with Gasteiger partial charge in [0.25, 0.3) is 0 Å². The topological polar surface area (TPSA) is 89.9 Å². The molecule has 6 nitrogen and oxygen atoms in total. The molecule has 106 valence electrons. The summed E-state index contributed by atoms with van der Waals surface area (Å²) in [7, 11) is 0. The van der Waals surface area contributed by atoms with Crippen LogP contribution in [0.5, 0.6) is 5.75 Å². The first kappa shape index (κ1) is 14.3. The molecule has 0 aliphatic rings. The number of ketones is 1. The minimum absolute atomic E-state index is 0.0749. The van der Waals surface area contributed by atoms with Crippen LogP contribution in [0.15, 0.2) is 54.6 Å². The van der Waals surface area contributed by atoms with Gasteiger partial charge in [-0.25, -0.2) is 9.59 Å². The van der Waals surface area contributed by atoms with E-state index in [-0.39, 0.29) is 11.5 Å². The number of carbonyl (C=O) groups is 3. The molecule has 2 rings (SSSR count). The highest BCUT2D eigenvalue weighted by molar-refractivity contribution is 6.09. The van der Waals surface area contributed by atoms with Gasteiger partial charge >= 0.3 is 12.3 Å². The van der Waals surface area contributed by atoms with E-state index in [1.54, 1.807) is 24.3 Å². The first-order valence-corrected chi connectivity index (χ1v) is 5.88. The van der Waals surface area contributed by atoms with Crippen LogP contribution in [0.4, 0.5) is 9.59 Å². The Hall–Kier alpha value is -3.15. The van der Waals surface area contributed by atoms with Gasteiger partial charge in [-0.1, -0.05) is 30.3 Å². The van der Waals surface area contributed by atoms with Crippen molar-refractivity contribution in [2.24, 2.45) is 0 Å². The van der Waals surface area contributed by atoms with Crippen molar-refractivity contribution < 1.29 is 29.0 Å². The summed E-state index contributed by atoms with van der Waals surface area (Å²) >= 11 is 0. The maximum Gasteiger partial charge on any atom is 0.524 e. The van der Waals surface area contributed by atoms with E-state index < -0.39 is 12.3 Å². The molecule has 2 aromatic carbocycles. The van der Waals surface area contributed by atoms with Gasteiger partial charge in [0.15, 0.2) is 5.78 Å². The molecule has 0 aliphatic heterocycles. The normalized spacial score (nSPS) is 9.71. The molecule has 0 heterocycles. The Morgan fingerprint density at radius 1 is 0.810 bits per heavy atom. The van der Waals surface area contributed by atoms with Gasteiger partial charge in [-0.15, -0.1) is 0 Å². The lowest BCUT2D eigenvalue weighted by Gasteiger charge is -2.04. The SMILES string of the molecule is O=C(O)OC(=O)Oc1ccc(C(=O)c2ccccc2)cc1. The highest BCUT2D eigenvalue weighted by atomic mass is 16.8. The highest BCUT2D eigenvalue weighted by Gasteiger charge is 2.12. The molecule has 0 fully saturated rings. The predicted molar refractivity (Wildman–Crippen MR) is 71.5 cm³/mol. The van der Waals surface area contributed by atoms with Crippen molar-refractivity contribution in [2.75, 3.05) is 0 Å². The molecule has 0 aromatic heterocycles. The summed E-state index contributed by atoms with van der Waals surface area (Å²) in [6.07, 6.45) is -3.11. The van der Waals surface area contributed by atoms with Crippen LogP contribution in [-0.2, 0) is 4.74 Å². The maximum atomic E-state index is 12.1. The number of ether oxygens (including phenoxy) is 2.